The first-order chi connectivity index (χ1) is 15.8. The minimum absolute atomic E-state index is 0.234. The van der Waals surface area contributed by atoms with Crippen LogP contribution in [-0.2, 0) is 4.74 Å². The number of aryl methyl sites for hydroxylation is 2. The van der Waals surface area contributed by atoms with Crippen molar-refractivity contribution in [1.29, 1.82) is 0 Å². The molecular formula is C25H22ClNO4S2. The summed E-state index contributed by atoms with van der Waals surface area (Å²) in [5, 5.41) is 6.30. The van der Waals surface area contributed by atoms with E-state index in [4.69, 9.17) is 21.1 Å². The van der Waals surface area contributed by atoms with E-state index in [9.17, 15) is 9.59 Å². The molecule has 0 fully saturated rings. The first-order valence-electron chi connectivity index (χ1n) is 10.3. The van der Waals surface area contributed by atoms with Crippen molar-refractivity contribution in [1.82, 2.24) is 0 Å². The maximum absolute atomic E-state index is 13.2. The van der Waals surface area contributed by atoms with Crippen LogP contribution in [0.3, 0.4) is 0 Å². The van der Waals surface area contributed by atoms with E-state index in [0.29, 0.717) is 26.2 Å². The molecule has 0 unspecified atom stereocenters. The molecule has 0 saturated carbocycles. The van der Waals surface area contributed by atoms with Gasteiger partial charge in [-0.1, -0.05) is 35.4 Å². The molecule has 1 amide bonds. The molecule has 2 heterocycles. The summed E-state index contributed by atoms with van der Waals surface area (Å²) in [5.74, 6) is -0.189. The summed E-state index contributed by atoms with van der Waals surface area (Å²) in [6, 6.07) is 11.5. The largest absolute Gasteiger partial charge is 0.497 e. The zero-order valence-corrected chi connectivity index (χ0v) is 21.0. The van der Waals surface area contributed by atoms with E-state index >= 15 is 0 Å². The van der Waals surface area contributed by atoms with E-state index in [2.05, 4.69) is 11.4 Å². The van der Waals surface area contributed by atoms with Gasteiger partial charge in [-0.3, -0.25) is 4.79 Å². The smallest absolute Gasteiger partial charge is 0.341 e. The number of esters is 1. The van der Waals surface area contributed by atoms with Gasteiger partial charge in [0.15, 0.2) is 0 Å². The second-order valence-corrected chi connectivity index (χ2v) is 9.76. The highest BCUT2D eigenvalue weighted by Gasteiger charge is 2.25. The third kappa shape index (κ3) is 4.49. The molecule has 1 N–H and O–H groups in total. The van der Waals surface area contributed by atoms with Gasteiger partial charge in [-0.2, -0.15) is 0 Å². The van der Waals surface area contributed by atoms with Gasteiger partial charge in [0.2, 0.25) is 0 Å². The lowest BCUT2D eigenvalue weighted by Crippen LogP contribution is -2.14. The molecule has 4 rings (SSSR count). The summed E-state index contributed by atoms with van der Waals surface area (Å²) in [6.07, 6.45) is 0. The molecule has 33 heavy (non-hydrogen) atoms. The van der Waals surface area contributed by atoms with Gasteiger partial charge >= 0.3 is 5.97 Å². The number of methoxy groups -OCH3 is 1. The number of rotatable bonds is 6. The number of hydrogen-bond donors (Lipinski definition) is 1. The molecule has 5 nitrogen and oxygen atoms in total. The zero-order valence-electron chi connectivity index (χ0n) is 18.6. The molecule has 2 aromatic heterocycles. The summed E-state index contributed by atoms with van der Waals surface area (Å²) < 4.78 is 11.5. The predicted octanol–water partition coefficient (Wildman–Crippen LogP) is 7.34. The van der Waals surface area contributed by atoms with Crippen LogP contribution in [0, 0.1) is 13.8 Å². The molecule has 0 radical (unpaired) electrons. The fourth-order valence-electron chi connectivity index (χ4n) is 3.65. The van der Waals surface area contributed by atoms with Crippen molar-refractivity contribution in [2.75, 3.05) is 19.0 Å². The number of fused-ring (bicyclic) bond motifs is 1. The number of ether oxygens (including phenoxy) is 2. The minimum atomic E-state index is -0.476. The van der Waals surface area contributed by atoms with Gasteiger partial charge in [0.05, 0.1) is 18.7 Å². The lowest BCUT2D eigenvalue weighted by molar-refractivity contribution is 0.0529. The Labute approximate surface area is 204 Å². The van der Waals surface area contributed by atoms with E-state index < -0.39 is 5.97 Å². The van der Waals surface area contributed by atoms with Crippen LogP contribution >= 0.6 is 34.3 Å². The second-order valence-electron chi connectivity index (χ2n) is 7.45. The first-order valence-corrected chi connectivity index (χ1v) is 12.3. The molecule has 2 aromatic carbocycles. The number of nitrogens with one attached hydrogen (secondary N) is 1. The van der Waals surface area contributed by atoms with E-state index in [1.54, 1.807) is 20.1 Å². The summed E-state index contributed by atoms with van der Waals surface area (Å²) in [5.41, 5.74) is 4.18. The van der Waals surface area contributed by atoms with Crippen molar-refractivity contribution >= 4 is 61.2 Å². The van der Waals surface area contributed by atoms with Gasteiger partial charge in [-0.05, 0) is 50.1 Å². The third-order valence-electron chi connectivity index (χ3n) is 5.21. The van der Waals surface area contributed by atoms with Gasteiger partial charge in [0, 0.05) is 21.0 Å². The average Bonchev–Trinajstić information content (AvgIpc) is 3.34. The first kappa shape index (κ1) is 23.3. The lowest BCUT2D eigenvalue weighted by Gasteiger charge is -2.10. The Morgan fingerprint density at radius 2 is 1.88 bits per heavy atom. The van der Waals surface area contributed by atoms with Gasteiger partial charge in [0.25, 0.3) is 5.91 Å². The third-order valence-corrected chi connectivity index (χ3v) is 7.78. The normalized spacial score (nSPS) is 10.9. The summed E-state index contributed by atoms with van der Waals surface area (Å²) in [6.45, 7) is 6.01. The van der Waals surface area contributed by atoms with Crippen LogP contribution in [0.1, 0.15) is 38.1 Å². The number of hydrogen-bond acceptors (Lipinski definition) is 6. The average molecular weight is 500 g/mol. The monoisotopic (exact) mass is 499 g/mol. The second kappa shape index (κ2) is 9.55. The van der Waals surface area contributed by atoms with E-state index in [0.717, 1.165) is 32.3 Å². The van der Waals surface area contributed by atoms with Crippen molar-refractivity contribution < 1.29 is 19.1 Å². The number of thiophene rings is 2. The Kier molecular flexibility index (Phi) is 6.74. The summed E-state index contributed by atoms with van der Waals surface area (Å²) in [7, 11) is 1.58. The fourth-order valence-corrected chi connectivity index (χ4v) is 5.98. The number of anilines is 1. The Balaban J connectivity index is 1.74. The molecular weight excluding hydrogens is 478 g/mol. The van der Waals surface area contributed by atoms with Crippen LogP contribution in [0.2, 0.25) is 5.02 Å². The number of amides is 1. The molecule has 0 aliphatic heterocycles. The van der Waals surface area contributed by atoms with Crippen LogP contribution in [0.5, 0.6) is 5.75 Å². The molecule has 0 bridgehead atoms. The highest BCUT2D eigenvalue weighted by molar-refractivity contribution is 7.22. The summed E-state index contributed by atoms with van der Waals surface area (Å²) >= 11 is 9.12. The number of benzene rings is 2. The van der Waals surface area contributed by atoms with Crippen molar-refractivity contribution in [3.8, 4) is 16.9 Å². The molecule has 0 aliphatic rings. The van der Waals surface area contributed by atoms with Gasteiger partial charge < -0.3 is 14.8 Å². The van der Waals surface area contributed by atoms with Crippen LogP contribution in [0.4, 0.5) is 5.00 Å². The highest BCUT2D eigenvalue weighted by Crippen LogP contribution is 2.40. The van der Waals surface area contributed by atoms with E-state index in [1.807, 2.05) is 43.5 Å². The lowest BCUT2D eigenvalue weighted by atomic mass is 9.97. The number of carbonyl (C=O) groups is 2. The Morgan fingerprint density at radius 1 is 1.09 bits per heavy atom. The van der Waals surface area contributed by atoms with Crippen molar-refractivity contribution in [2.45, 2.75) is 20.8 Å². The van der Waals surface area contributed by atoms with E-state index in [-0.39, 0.29) is 12.5 Å². The molecule has 0 saturated heterocycles. The Morgan fingerprint density at radius 3 is 2.58 bits per heavy atom. The Bertz CT molecular complexity index is 1370. The van der Waals surface area contributed by atoms with Crippen molar-refractivity contribution in [3.63, 3.8) is 0 Å². The molecule has 0 atom stereocenters. The quantitative estimate of drug-likeness (QED) is 0.282. The van der Waals surface area contributed by atoms with Crippen molar-refractivity contribution in [2.24, 2.45) is 0 Å². The number of carbonyl (C=O) groups excluding carboxylic acids is 2. The highest BCUT2D eigenvalue weighted by atomic mass is 35.5. The SMILES string of the molecule is CCOC(=O)c1c(-c2ccc(C)cc2C)csc1NC(=O)c1sc2ccc(OC)cc2c1Cl. The van der Waals surface area contributed by atoms with E-state index in [1.165, 1.54) is 22.7 Å². The van der Waals surface area contributed by atoms with Crippen LogP contribution < -0.4 is 10.1 Å². The van der Waals surface area contributed by atoms with Crippen LogP contribution in [-0.4, -0.2) is 25.6 Å². The Hall–Kier alpha value is -2.87. The van der Waals surface area contributed by atoms with Gasteiger partial charge in [-0.25, -0.2) is 4.79 Å². The zero-order chi connectivity index (χ0) is 23.7. The molecule has 0 spiro atoms. The molecule has 170 valence electrons. The maximum Gasteiger partial charge on any atom is 0.341 e. The van der Waals surface area contributed by atoms with Crippen LogP contribution in [0.15, 0.2) is 41.8 Å². The number of halogens is 1. The minimum Gasteiger partial charge on any atom is -0.497 e. The van der Waals surface area contributed by atoms with Crippen LogP contribution in [0.25, 0.3) is 21.2 Å². The predicted molar refractivity (Wildman–Crippen MR) is 137 cm³/mol. The van der Waals surface area contributed by atoms with Gasteiger partial charge in [-0.15, -0.1) is 22.7 Å². The van der Waals surface area contributed by atoms with Gasteiger partial charge in [0.1, 0.15) is 21.2 Å². The molecule has 0 aliphatic carbocycles. The molecule has 8 heteroatoms. The molecule has 4 aromatic rings. The topological polar surface area (TPSA) is 64.6 Å². The summed E-state index contributed by atoms with van der Waals surface area (Å²) in [4.78, 5) is 26.4. The maximum atomic E-state index is 13.2. The standard InChI is InChI=1S/C25H22ClNO4S2/c1-5-31-25(29)20-18(16-8-6-13(2)10-14(16)3)12-32-24(20)27-23(28)22-21(26)17-11-15(30-4)7-9-19(17)33-22/h6-12H,5H2,1-4H3,(H,27,28). The van der Waals surface area contributed by atoms with Crippen molar-refractivity contribution in [3.05, 3.63) is 68.4 Å². The fraction of sp³-hybridized carbons (Fsp3) is 0.200.